The normalized spacial score (nSPS) is 10.2. The standard InChI is InChI=1S/4C12H10N2.2H2S/c4*1-3-7-11(8-4-1)13-14-12-9-5-2-6-10-12;;/h4*1-10H;2*1H2/b4*14-13+;;. The molecule has 0 saturated carbocycles. The van der Waals surface area contributed by atoms with Crippen LogP contribution in [0.2, 0.25) is 0 Å². The average Bonchev–Trinajstić information content (AvgIpc) is 3.30. The van der Waals surface area contributed by atoms with Crippen LogP contribution in [0.3, 0.4) is 0 Å². The lowest BCUT2D eigenvalue weighted by molar-refractivity contribution is 1.23. The third-order valence-electron chi connectivity index (χ3n) is 7.17. The van der Waals surface area contributed by atoms with Gasteiger partial charge in [-0.15, -0.1) is 0 Å². The summed E-state index contributed by atoms with van der Waals surface area (Å²) in [5.74, 6) is 0. The van der Waals surface area contributed by atoms with Crippen molar-refractivity contribution in [1.29, 1.82) is 0 Å². The van der Waals surface area contributed by atoms with Crippen LogP contribution in [0.4, 0.5) is 45.5 Å². The maximum atomic E-state index is 4.10. The fraction of sp³-hybridized carbons (Fsp3) is 0. The molecule has 0 bridgehead atoms. The van der Waals surface area contributed by atoms with Crippen molar-refractivity contribution in [2.45, 2.75) is 0 Å². The van der Waals surface area contributed by atoms with Crippen molar-refractivity contribution in [1.82, 2.24) is 0 Å². The van der Waals surface area contributed by atoms with Crippen LogP contribution in [0.25, 0.3) is 0 Å². The first kappa shape index (κ1) is 45.3. The van der Waals surface area contributed by atoms with Gasteiger partial charge in [-0.25, -0.2) is 0 Å². The predicted molar refractivity (Wildman–Crippen MR) is 249 cm³/mol. The van der Waals surface area contributed by atoms with Gasteiger partial charge in [0, 0.05) is 0 Å². The number of azo groups is 4. The van der Waals surface area contributed by atoms with Crippen molar-refractivity contribution < 1.29 is 0 Å². The highest BCUT2D eigenvalue weighted by molar-refractivity contribution is 7.59. The molecule has 0 aliphatic heterocycles. The second kappa shape index (κ2) is 28.3. The van der Waals surface area contributed by atoms with Crippen LogP contribution in [0, 0.1) is 0 Å². The molecule has 8 rings (SSSR count). The molecule has 0 unspecified atom stereocenters. The van der Waals surface area contributed by atoms with E-state index in [9.17, 15) is 0 Å². The van der Waals surface area contributed by atoms with Crippen LogP contribution in [-0.4, -0.2) is 0 Å². The van der Waals surface area contributed by atoms with Gasteiger partial charge in [-0.2, -0.15) is 67.9 Å². The van der Waals surface area contributed by atoms with Crippen molar-refractivity contribution >= 4 is 72.5 Å². The van der Waals surface area contributed by atoms with E-state index in [-0.39, 0.29) is 27.0 Å². The summed E-state index contributed by atoms with van der Waals surface area (Å²) in [5.41, 5.74) is 6.97. The molecule has 8 aromatic rings. The first-order valence-corrected chi connectivity index (χ1v) is 17.9. The second-order valence-corrected chi connectivity index (χ2v) is 11.5. The van der Waals surface area contributed by atoms with Gasteiger partial charge in [-0.3, -0.25) is 0 Å². The molecule has 0 atom stereocenters. The molecule has 0 radical (unpaired) electrons. The minimum Gasteiger partial charge on any atom is -0.197 e. The molecule has 8 aromatic carbocycles. The summed E-state index contributed by atoms with van der Waals surface area (Å²) < 4.78 is 0. The molecule has 0 saturated heterocycles. The molecular weight excluding hydrogens is 753 g/mol. The third kappa shape index (κ3) is 18.9. The fourth-order valence-corrected chi connectivity index (χ4v) is 4.42. The SMILES string of the molecule is S.S.c1ccc(/N=N/c2ccccc2)cc1.c1ccc(/N=N/c2ccccc2)cc1.c1ccc(/N=N/c2ccccc2)cc1.c1ccc(/N=N/c2ccccc2)cc1. The van der Waals surface area contributed by atoms with E-state index in [0.29, 0.717) is 0 Å². The van der Waals surface area contributed by atoms with Gasteiger partial charge >= 0.3 is 0 Å². The van der Waals surface area contributed by atoms with Crippen LogP contribution in [0.1, 0.15) is 0 Å². The molecule has 10 heteroatoms. The van der Waals surface area contributed by atoms with Crippen molar-refractivity contribution in [2.24, 2.45) is 40.9 Å². The minimum atomic E-state index is 0. The highest BCUT2D eigenvalue weighted by atomic mass is 32.1. The number of nitrogens with zero attached hydrogens (tertiary/aromatic N) is 8. The van der Waals surface area contributed by atoms with Gasteiger partial charge in [0.15, 0.2) is 0 Å². The Morgan fingerprint density at radius 3 is 0.310 bits per heavy atom. The van der Waals surface area contributed by atoms with Gasteiger partial charge in [0.25, 0.3) is 0 Å². The molecule has 0 N–H and O–H groups in total. The molecule has 0 aliphatic rings. The van der Waals surface area contributed by atoms with E-state index < -0.39 is 0 Å². The van der Waals surface area contributed by atoms with Gasteiger partial charge in [0.2, 0.25) is 0 Å². The summed E-state index contributed by atoms with van der Waals surface area (Å²) in [4.78, 5) is 0. The average molecular weight is 797 g/mol. The Hall–Kier alpha value is -7.14. The quantitative estimate of drug-likeness (QED) is 0.137. The Kier molecular flexibility index (Phi) is 22.1. The lowest BCUT2D eigenvalue weighted by atomic mass is 10.3. The fourth-order valence-electron chi connectivity index (χ4n) is 4.42. The predicted octanol–water partition coefficient (Wildman–Crippen LogP) is 16.6. The highest BCUT2D eigenvalue weighted by Gasteiger charge is 1.90. The van der Waals surface area contributed by atoms with E-state index in [1.54, 1.807) is 0 Å². The van der Waals surface area contributed by atoms with E-state index in [1.807, 2.05) is 243 Å². The monoisotopic (exact) mass is 796 g/mol. The number of benzene rings is 8. The maximum absolute atomic E-state index is 4.10. The zero-order valence-electron chi connectivity index (χ0n) is 31.7. The van der Waals surface area contributed by atoms with Crippen molar-refractivity contribution in [3.63, 3.8) is 0 Å². The molecular formula is C48H44N8S2. The molecule has 0 fully saturated rings. The zero-order chi connectivity index (χ0) is 38.6. The van der Waals surface area contributed by atoms with Crippen molar-refractivity contribution in [3.05, 3.63) is 243 Å². The summed E-state index contributed by atoms with van der Waals surface area (Å²) in [6.45, 7) is 0. The number of hydrogen-bond donors (Lipinski definition) is 0. The third-order valence-corrected chi connectivity index (χ3v) is 7.17. The summed E-state index contributed by atoms with van der Waals surface area (Å²) >= 11 is 0. The zero-order valence-corrected chi connectivity index (χ0v) is 33.7. The molecule has 58 heavy (non-hydrogen) atoms. The van der Waals surface area contributed by atoms with Crippen LogP contribution in [-0.2, 0) is 0 Å². The van der Waals surface area contributed by atoms with E-state index >= 15 is 0 Å². The molecule has 0 aromatic heterocycles. The van der Waals surface area contributed by atoms with Gasteiger partial charge in [0.1, 0.15) is 0 Å². The second-order valence-electron chi connectivity index (χ2n) is 11.5. The summed E-state index contributed by atoms with van der Waals surface area (Å²) in [5, 5.41) is 32.8. The molecule has 288 valence electrons. The Labute approximate surface area is 354 Å². The number of rotatable bonds is 8. The lowest BCUT2D eigenvalue weighted by Gasteiger charge is -1.91. The van der Waals surface area contributed by atoms with E-state index in [1.165, 1.54) is 0 Å². The van der Waals surface area contributed by atoms with E-state index in [2.05, 4.69) is 40.9 Å². The van der Waals surface area contributed by atoms with Gasteiger partial charge in [-0.1, -0.05) is 146 Å². The minimum absolute atomic E-state index is 0. The van der Waals surface area contributed by atoms with Crippen LogP contribution >= 0.6 is 27.0 Å². The molecule has 0 spiro atoms. The molecule has 8 nitrogen and oxygen atoms in total. The summed E-state index contributed by atoms with van der Waals surface area (Å²) in [6, 6.07) is 77.5. The lowest BCUT2D eigenvalue weighted by Crippen LogP contribution is -1.62. The van der Waals surface area contributed by atoms with Crippen LogP contribution in [0.5, 0.6) is 0 Å². The summed E-state index contributed by atoms with van der Waals surface area (Å²) in [6.07, 6.45) is 0. The molecule has 0 aliphatic carbocycles. The smallest absolute Gasteiger partial charge is 0.0857 e. The van der Waals surface area contributed by atoms with Crippen LogP contribution < -0.4 is 0 Å². The van der Waals surface area contributed by atoms with Gasteiger partial charge in [0.05, 0.1) is 45.5 Å². The Morgan fingerprint density at radius 1 is 0.138 bits per heavy atom. The van der Waals surface area contributed by atoms with E-state index in [0.717, 1.165) is 45.5 Å². The highest BCUT2D eigenvalue weighted by Crippen LogP contribution is 2.19. The maximum Gasteiger partial charge on any atom is 0.0857 e. The van der Waals surface area contributed by atoms with Gasteiger partial charge < -0.3 is 0 Å². The van der Waals surface area contributed by atoms with Gasteiger partial charge in [-0.05, 0) is 97.1 Å². The molecule has 0 heterocycles. The Morgan fingerprint density at radius 2 is 0.224 bits per heavy atom. The van der Waals surface area contributed by atoms with E-state index in [4.69, 9.17) is 0 Å². The van der Waals surface area contributed by atoms with Crippen molar-refractivity contribution in [3.8, 4) is 0 Å². The summed E-state index contributed by atoms with van der Waals surface area (Å²) in [7, 11) is 0. The Balaban J connectivity index is 0.000000205. The first-order valence-electron chi connectivity index (χ1n) is 17.9. The van der Waals surface area contributed by atoms with Crippen LogP contribution in [0.15, 0.2) is 284 Å². The van der Waals surface area contributed by atoms with Crippen molar-refractivity contribution in [2.75, 3.05) is 0 Å². The largest absolute Gasteiger partial charge is 0.197 e. The Bertz CT molecular complexity index is 1810. The topological polar surface area (TPSA) is 98.9 Å². The molecule has 0 amide bonds. The first-order chi connectivity index (χ1) is 27.8. The number of hydrogen-bond acceptors (Lipinski definition) is 8.